The average molecular weight is 350 g/mol. The fourth-order valence-corrected chi connectivity index (χ4v) is 4.00. The van der Waals surface area contributed by atoms with E-state index in [1.54, 1.807) is 55.7 Å². The lowest BCUT2D eigenvalue weighted by molar-refractivity contribution is 0.415. The SMILES string of the molecule is COc1ccc(/C=C(\c2ccccc2)S(=O)(=O)c2ccccc2)cc1. The van der Waals surface area contributed by atoms with E-state index in [-0.39, 0.29) is 9.80 Å². The third-order valence-electron chi connectivity index (χ3n) is 3.81. The molecule has 0 saturated carbocycles. The van der Waals surface area contributed by atoms with Crippen molar-refractivity contribution >= 4 is 20.8 Å². The molecule has 0 fully saturated rings. The van der Waals surface area contributed by atoms with Gasteiger partial charge in [0.15, 0.2) is 0 Å². The number of hydrogen-bond acceptors (Lipinski definition) is 3. The van der Waals surface area contributed by atoms with Gasteiger partial charge >= 0.3 is 0 Å². The lowest BCUT2D eigenvalue weighted by Crippen LogP contribution is -2.04. The van der Waals surface area contributed by atoms with Crippen LogP contribution in [-0.2, 0) is 9.84 Å². The Morgan fingerprint density at radius 1 is 0.800 bits per heavy atom. The molecule has 126 valence electrons. The van der Waals surface area contributed by atoms with Gasteiger partial charge in [0, 0.05) is 0 Å². The number of methoxy groups -OCH3 is 1. The minimum atomic E-state index is -3.64. The summed E-state index contributed by atoms with van der Waals surface area (Å²) in [6.07, 6.45) is 1.69. The minimum Gasteiger partial charge on any atom is -0.497 e. The molecule has 0 unspecified atom stereocenters. The molecule has 3 aromatic rings. The maximum absolute atomic E-state index is 13.2. The lowest BCUT2D eigenvalue weighted by Gasteiger charge is -2.10. The highest BCUT2D eigenvalue weighted by Crippen LogP contribution is 2.30. The predicted molar refractivity (Wildman–Crippen MR) is 101 cm³/mol. The van der Waals surface area contributed by atoms with Crippen molar-refractivity contribution in [3.8, 4) is 5.75 Å². The van der Waals surface area contributed by atoms with E-state index in [1.807, 2.05) is 42.5 Å². The molecule has 0 aliphatic carbocycles. The van der Waals surface area contributed by atoms with Crippen LogP contribution < -0.4 is 4.74 Å². The summed E-state index contributed by atoms with van der Waals surface area (Å²) in [5, 5.41) is 0. The Balaban J connectivity index is 2.15. The molecule has 0 aliphatic heterocycles. The van der Waals surface area contributed by atoms with Crippen molar-refractivity contribution in [1.82, 2.24) is 0 Å². The molecule has 0 aliphatic rings. The van der Waals surface area contributed by atoms with Gasteiger partial charge in [0.1, 0.15) is 5.75 Å². The largest absolute Gasteiger partial charge is 0.497 e. The fourth-order valence-electron chi connectivity index (χ4n) is 2.50. The predicted octanol–water partition coefficient (Wildman–Crippen LogP) is 4.67. The smallest absolute Gasteiger partial charge is 0.207 e. The molecule has 0 bridgehead atoms. The topological polar surface area (TPSA) is 43.4 Å². The molecular formula is C21H18O3S. The Morgan fingerprint density at radius 3 is 1.92 bits per heavy atom. The van der Waals surface area contributed by atoms with Gasteiger partial charge in [0.25, 0.3) is 0 Å². The molecule has 0 atom stereocenters. The van der Waals surface area contributed by atoms with Crippen LogP contribution >= 0.6 is 0 Å². The zero-order chi connectivity index (χ0) is 17.7. The molecule has 0 spiro atoms. The molecule has 0 radical (unpaired) electrons. The van der Waals surface area contributed by atoms with Crippen LogP contribution in [0.5, 0.6) is 5.75 Å². The second kappa shape index (κ2) is 7.36. The zero-order valence-corrected chi connectivity index (χ0v) is 14.6. The van der Waals surface area contributed by atoms with Gasteiger partial charge in [0.05, 0.1) is 16.9 Å². The van der Waals surface area contributed by atoms with Crippen LogP contribution in [0.25, 0.3) is 11.0 Å². The highest BCUT2D eigenvalue weighted by Gasteiger charge is 2.22. The van der Waals surface area contributed by atoms with Gasteiger partial charge in [-0.25, -0.2) is 8.42 Å². The van der Waals surface area contributed by atoms with E-state index in [1.165, 1.54) is 0 Å². The third-order valence-corrected chi connectivity index (χ3v) is 5.64. The van der Waals surface area contributed by atoms with Crippen LogP contribution in [0.4, 0.5) is 0 Å². The van der Waals surface area contributed by atoms with Crippen LogP contribution in [0, 0.1) is 0 Å². The highest BCUT2D eigenvalue weighted by atomic mass is 32.2. The molecule has 0 aromatic heterocycles. The van der Waals surface area contributed by atoms with E-state index >= 15 is 0 Å². The third kappa shape index (κ3) is 3.80. The molecule has 3 rings (SSSR count). The number of hydrogen-bond donors (Lipinski definition) is 0. The van der Waals surface area contributed by atoms with Gasteiger partial charge < -0.3 is 4.74 Å². The monoisotopic (exact) mass is 350 g/mol. The van der Waals surface area contributed by atoms with Crippen molar-refractivity contribution in [3.05, 3.63) is 96.1 Å². The van der Waals surface area contributed by atoms with Crippen molar-refractivity contribution in [2.45, 2.75) is 4.90 Å². The van der Waals surface area contributed by atoms with Crippen LogP contribution in [0.2, 0.25) is 0 Å². The summed E-state index contributed by atoms with van der Waals surface area (Å²) >= 11 is 0. The van der Waals surface area contributed by atoms with Crippen LogP contribution in [0.3, 0.4) is 0 Å². The van der Waals surface area contributed by atoms with E-state index in [4.69, 9.17) is 4.74 Å². The molecule has 0 saturated heterocycles. The number of rotatable bonds is 5. The normalized spacial score (nSPS) is 12.0. The summed E-state index contributed by atoms with van der Waals surface area (Å²) in [7, 11) is -2.04. The van der Waals surface area contributed by atoms with E-state index in [0.717, 1.165) is 11.3 Å². The highest BCUT2D eigenvalue weighted by molar-refractivity contribution is 8.00. The molecule has 3 aromatic carbocycles. The van der Waals surface area contributed by atoms with Crippen LogP contribution in [-0.4, -0.2) is 15.5 Å². The first-order valence-corrected chi connectivity index (χ1v) is 9.31. The summed E-state index contributed by atoms with van der Waals surface area (Å²) in [5.74, 6) is 0.726. The molecule has 3 nitrogen and oxygen atoms in total. The molecular weight excluding hydrogens is 332 g/mol. The van der Waals surface area contributed by atoms with E-state index in [9.17, 15) is 8.42 Å². The molecule has 0 heterocycles. The molecule has 0 N–H and O–H groups in total. The van der Waals surface area contributed by atoms with Gasteiger partial charge in [-0.15, -0.1) is 0 Å². The average Bonchev–Trinajstić information content (AvgIpc) is 2.68. The quantitative estimate of drug-likeness (QED) is 0.628. The maximum atomic E-state index is 13.2. The van der Waals surface area contributed by atoms with Crippen molar-refractivity contribution in [1.29, 1.82) is 0 Å². The van der Waals surface area contributed by atoms with Crippen molar-refractivity contribution in [2.75, 3.05) is 7.11 Å². The fraction of sp³-hybridized carbons (Fsp3) is 0.0476. The number of benzene rings is 3. The lowest BCUT2D eigenvalue weighted by atomic mass is 10.1. The summed E-state index contributed by atoms with van der Waals surface area (Å²) in [6.45, 7) is 0. The molecule has 4 heteroatoms. The summed E-state index contributed by atoms with van der Waals surface area (Å²) in [5.41, 5.74) is 1.45. The van der Waals surface area contributed by atoms with E-state index in [0.29, 0.717) is 5.56 Å². The Hall–Kier alpha value is -2.85. The number of ether oxygens (including phenoxy) is 1. The zero-order valence-electron chi connectivity index (χ0n) is 13.8. The Bertz CT molecular complexity index is 959. The Labute approximate surface area is 148 Å². The Morgan fingerprint density at radius 2 is 1.36 bits per heavy atom. The first kappa shape index (κ1) is 17.0. The van der Waals surface area contributed by atoms with Crippen LogP contribution in [0.15, 0.2) is 89.8 Å². The minimum absolute atomic E-state index is 0.268. The Kier molecular flexibility index (Phi) is 5.00. The van der Waals surface area contributed by atoms with Gasteiger partial charge in [-0.3, -0.25) is 0 Å². The second-order valence-electron chi connectivity index (χ2n) is 5.46. The van der Waals surface area contributed by atoms with E-state index < -0.39 is 9.84 Å². The van der Waals surface area contributed by atoms with Crippen molar-refractivity contribution in [3.63, 3.8) is 0 Å². The van der Waals surface area contributed by atoms with E-state index in [2.05, 4.69) is 0 Å². The van der Waals surface area contributed by atoms with Gasteiger partial charge in [-0.1, -0.05) is 60.7 Å². The van der Waals surface area contributed by atoms with Gasteiger partial charge in [-0.2, -0.15) is 0 Å². The second-order valence-corrected chi connectivity index (χ2v) is 7.38. The summed E-state index contributed by atoms with van der Waals surface area (Å²) in [4.78, 5) is 0.545. The number of sulfone groups is 1. The van der Waals surface area contributed by atoms with Crippen molar-refractivity contribution in [2.24, 2.45) is 0 Å². The molecule has 25 heavy (non-hydrogen) atoms. The first-order chi connectivity index (χ1) is 12.1. The summed E-state index contributed by atoms with van der Waals surface area (Å²) < 4.78 is 31.5. The molecule has 0 amide bonds. The summed E-state index contributed by atoms with van der Waals surface area (Å²) in [6, 6.07) is 24.9. The van der Waals surface area contributed by atoms with Crippen LogP contribution in [0.1, 0.15) is 11.1 Å². The standard InChI is InChI=1S/C21H18O3S/c1-24-19-14-12-17(13-15-19)16-21(18-8-4-2-5-9-18)25(22,23)20-10-6-3-7-11-20/h2-16H,1H3/b21-16+. The maximum Gasteiger partial charge on any atom is 0.207 e. The first-order valence-electron chi connectivity index (χ1n) is 7.82. The van der Waals surface area contributed by atoms with Gasteiger partial charge in [-0.05, 0) is 41.5 Å². The van der Waals surface area contributed by atoms with Crippen molar-refractivity contribution < 1.29 is 13.2 Å². The van der Waals surface area contributed by atoms with Gasteiger partial charge in [0.2, 0.25) is 9.84 Å².